The van der Waals surface area contributed by atoms with Gasteiger partial charge in [-0.15, -0.1) is 11.3 Å². The van der Waals surface area contributed by atoms with E-state index in [1.165, 1.54) is 17.0 Å². The molecule has 138 valence electrons. The second-order valence-electron chi connectivity index (χ2n) is 6.15. The normalized spacial score (nSPS) is 13.7. The summed E-state index contributed by atoms with van der Waals surface area (Å²) in [6.45, 7) is -0.471. The molecule has 1 heterocycles. The van der Waals surface area contributed by atoms with E-state index in [0.717, 1.165) is 37.5 Å². The second kappa shape index (κ2) is 7.59. The molecule has 6 nitrogen and oxygen atoms in total. The summed E-state index contributed by atoms with van der Waals surface area (Å²) in [5, 5.41) is 4.27. The number of sulfone groups is 1. The predicted molar refractivity (Wildman–Crippen MR) is 99.4 cm³/mol. The number of carbonyl (C=O) groups is 2. The van der Waals surface area contributed by atoms with E-state index in [2.05, 4.69) is 5.32 Å². The maximum atomic E-state index is 12.3. The summed E-state index contributed by atoms with van der Waals surface area (Å²) < 4.78 is 28.6. The number of para-hydroxylation sites is 1. The lowest BCUT2D eigenvalue weighted by molar-refractivity contribution is -0.119. The van der Waals surface area contributed by atoms with E-state index in [1.54, 1.807) is 28.8 Å². The van der Waals surface area contributed by atoms with Crippen LogP contribution in [0.4, 0.5) is 5.69 Å². The number of hydrogen-bond donors (Lipinski definition) is 1. The van der Waals surface area contributed by atoms with Crippen molar-refractivity contribution in [1.29, 1.82) is 0 Å². The lowest BCUT2D eigenvalue weighted by Gasteiger charge is -2.13. The minimum atomic E-state index is -3.48. The molecule has 1 aliphatic carbocycles. The number of carbonyl (C=O) groups excluding carboxylic acids is 2. The molecule has 3 rings (SSSR count). The predicted octanol–water partition coefficient (Wildman–Crippen LogP) is 2.83. The minimum Gasteiger partial charge on any atom is -0.452 e. The summed E-state index contributed by atoms with van der Waals surface area (Å²) in [7, 11) is -3.48. The van der Waals surface area contributed by atoms with E-state index in [4.69, 9.17) is 4.74 Å². The van der Waals surface area contributed by atoms with Crippen molar-refractivity contribution in [3.05, 3.63) is 45.6 Å². The Balaban J connectivity index is 1.63. The third kappa shape index (κ3) is 4.13. The molecule has 0 bridgehead atoms. The van der Waals surface area contributed by atoms with Crippen LogP contribution in [-0.4, -0.2) is 33.2 Å². The Hall–Kier alpha value is -2.19. The molecule has 0 saturated heterocycles. The largest absolute Gasteiger partial charge is 0.452 e. The highest BCUT2D eigenvalue weighted by atomic mass is 32.2. The van der Waals surface area contributed by atoms with Crippen molar-refractivity contribution in [3.63, 3.8) is 0 Å². The van der Waals surface area contributed by atoms with Crippen LogP contribution in [0, 0.1) is 0 Å². The van der Waals surface area contributed by atoms with Crippen LogP contribution in [0.15, 0.2) is 34.5 Å². The molecule has 1 amide bonds. The Morgan fingerprint density at radius 1 is 1.19 bits per heavy atom. The van der Waals surface area contributed by atoms with Gasteiger partial charge in [0, 0.05) is 16.5 Å². The first-order chi connectivity index (χ1) is 12.4. The number of aryl methyl sites for hydroxylation is 1. The van der Waals surface area contributed by atoms with Crippen LogP contribution in [0.3, 0.4) is 0 Å². The van der Waals surface area contributed by atoms with Crippen LogP contribution in [0.25, 0.3) is 0 Å². The third-order valence-electron chi connectivity index (χ3n) is 4.18. The van der Waals surface area contributed by atoms with Gasteiger partial charge in [0.25, 0.3) is 5.91 Å². The van der Waals surface area contributed by atoms with Crippen LogP contribution < -0.4 is 5.32 Å². The summed E-state index contributed by atoms with van der Waals surface area (Å²) in [6.07, 6.45) is 5.09. The van der Waals surface area contributed by atoms with Crippen molar-refractivity contribution in [2.24, 2.45) is 0 Å². The van der Waals surface area contributed by atoms with Crippen LogP contribution in [0.5, 0.6) is 0 Å². The van der Waals surface area contributed by atoms with Gasteiger partial charge in [0.05, 0.1) is 16.1 Å². The Morgan fingerprint density at radius 3 is 2.69 bits per heavy atom. The highest BCUT2D eigenvalue weighted by molar-refractivity contribution is 7.90. The number of thiophene rings is 1. The Morgan fingerprint density at radius 2 is 1.92 bits per heavy atom. The number of benzene rings is 1. The van der Waals surface area contributed by atoms with Crippen molar-refractivity contribution in [2.45, 2.75) is 30.6 Å². The topological polar surface area (TPSA) is 89.5 Å². The SMILES string of the molecule is CS(=O)(=O)c1ccccc1NC(=O)COC(=O)c1csc2c1CCCC2. The average Bonchev–Trinajstić information content (AvgIpc) is 3.03. The van der Waals surface area contributed by atoms with Crippen LogP contribution in [0.2, 0.25) is 0 Å². The minimum absolute atomic E-state index is 0.0200. The maximum absolute atomic E-state index is 12.3. The van der Waals surface area contributed by atoms with Gasteiger partial charge in [-0.05, 0) is 43.4 Å². The Labute approximate surface area is 156 Å². The maximum Gasteiger partial charge on any atom is 0.339 e. The molecule has 2 aromatic rings. The van der Waals surface area contributed by atoms with Crippen LogP contribution >= 0.6 is 11.3 Å². The van der Waals surface area contributed by atoms with Crippen molar-refractivity contribution in [1.82, 2.24) is 0 Å². The van der Waals surface area contributed by atoms with Gasteiger partial charge >= 0.3 is 5.97 Å². The van der Waals surface area contributed by atoms with Gasteiger partial charge in [0.1, 0.15) is 0 Å². The summed E-state index contributed by atoms with van der Waals surface area (Å²) in [6, 6.07) is 6.10. The lowest BCUT2D eigenvalue weighted by atomic mass is 9.96. The van der Waals surface area contributed by atoms with Gasteiger partial charge in [-0.3, -0.25) is 4.79 Å². The molecular weight excluding hydrogens is 374 g/mol. The number of rotatable bonds is 5. The molecule has 0 fully saturated rings. The zero-order valence-corrected chi connectivity index (χ0v) is 15.9. The highest BCUT2D eigenvalue weighted by Crippen LogP contribution is 2.30. The third-order valence-corrected chi connectivity index (χ3v) is 6.42. The summed E-state index contributed by atoms with van der Waals surface area (Å²) in [4.78, 5) is 25.6. The van der Waals surface area contributed by atoms with Gasteiger partial charge < -0.3 is 10.1 Å². The van der Waals surface area contributed by atoms with Crippen molar-refractivity contribution in [3.8, 4) is 0 Å². The molecule has 0 atom stereocenters. The molecule has 0 unspecified atom stereocenters. The molecule has 26 heavy (non-hydrogen) atoms. The van der Waals surface area contributed by atoms with Gasteiger partial charge in [0.2, 0.25) is 0 Å². The zero-order valence-electron chi connectivity index (χ0n) is 14.3. The van der Waals surface area contributed by atoms with Gasteiger partial charge in [0.15, 0.2) is 16.4 Å². The molecule has 0 spiro atoms. The van der Waals surface area contributed by atoms with Gasteiger partial charge in [-0.2, -0.15) is 0 Å². The summed E-state index contributed by atoms with van der Waals surface area (Å²) in [5.41, 5.74) is 1.74. The second-order valence-corrected chi connectivity index (χ2v) is 9.10. The number of esters is 1. The number of fused-ring (bicyclic) bond motifs is 1. The first-order valence-corrected chi connectivity index (χ1v) is 11.0. The Bertz CT molecular complexity index is 946. The number of hydrogen-bond acceptors (Lipinski definition) is 6. The number of amides is 1. The van der Waals surface area contributed by atoms with Gasteiger partial charge in [-0.25, -0.2) is 13.2 Å². The molecule has 8 heteroatoms. The lowest BCUT2D eigenvalue weighted by Crippen LogP contribution is -2.22. The van der Waals surface area contributed by atoms with E-state index in [1.807, 2.05) is 0 Å². The molecule has 0 aliphatic heterocycles. The van der Waals surface area contributed by atoms with Crippen molar-refractivity contribution in [2.75, 3.05) is 18.2 Å². The molecule has 1 aromatic carbocycles. The van der Waals surface area contributed by atoms with E-state index in [0.29, 0.717) is 5.56 Å². The highest BCUT2D eigenvalue weighted by Gasteiger charge is 2.22. The van der Waals surface area contributed by atoms with E-state index in [-0.39, 0.29) is 10.6 Å². The van der Waals surface area contributed by atoms with Gasteiger partial charge in [-0.1, -0.05) is 12.1 Å². The van der Waals surface area contributed by atoms with E-state index >= 15 is 0 Å². The standard InChI is InChI=1S/C18H19NO5S2/c1-26(22,23)16-9-5-3-7-14(16)19-17(20)10-24-18(21)13-11-25-15-8-4-2-6-12(13)15/h3,5,7,9,11H,2,4,6,8,10H2,1H3,(H,19,20). The molecular formula is C18H19NO5S2. The van der Waals surface area contributed by atoms with Crippen LogP contribution in [-0.2, 0) is 32.2 Å². The first kappa shape index (κ1) is 18.6. The smallest absolute Gasteiger partial charge is 0.339 e. The van der Waals surface area contributed by atoms with Crippen molar-refractivity contribution < 1.29 is 22.7 Å². The fraction of sp³-hybridized carbons (Fsp3) is 0.333. The first-order valence-electron chi connectivity index (χ1n) is 8.21. The molecule has 1 aliphatic rings. The number of anilines is 1. The Kier molecular flexibility index (Phi) is 5.43. The summed E-state index contributed by atoms with van der Waals surface area (Å²) in [5.74, 6) is -1.10. The van der Waals surface area contributed by atoms with Crippen molar-refractivity contribution >= 4 is 38.7 Å². The fourth-order valence-corrected chi connectivity index (χ4v) is 4.91. The molecule has 0 radical (unpaired) electrons. The number of nitrogens with one attached hydrogen (secondary N) is 1. The van der Waals surface area contributed by atoms with E-state index < -0.39 is 28.3 Å². The van der Waals surface area contributed by atoms with Crippen LogP contribution in [0.1, 0.15) is 33.6 Å². The molecule has 0 saturated carbocycles. The number of ether oxygens (including phenoxy) is 1. The summed E-state index contributed by atoms with van der Waals surface area (Å²) >= 11 is 1.55. The average molecular weight is 393 g/mol. The van der Waals surface area contributed by atoms with E-state index in [9.17, 15) is 18.0 Å². The quantitative estimate of drug-likeness (QED) is 0.789. The monoisotopic (exact) mass is 393 g/mol. The zero-order chi connectivity index (χ0) is 18.7. The molecule has 1 aromatic heterocycles. The fourth-order valence-electron chi connectivity index (χ4n) is 2.95. The molecule has 1 N–H and O–H groups in total.